The second-order valence-electron chi connectivity index (χ2n) is 4.52. The molecule has 0 fully saturated rings. The molecule has 0 aromatic heterocycles. The number of hydrogen-bond acceptors (Lipinski definition) is 2. The SMILES string of the molecule is CCOC(O)CC(c1ccccc1Cl)C(C)C. The first kappa shape index (κ1) is 14.5. The lowest BCUT2D eigenvalue weighted by Crippen LogP contribution is -2.19. The first-order valence-electron chi connectivity index (χ1n) is 6.10. The molecule has 2 atom stereocenters. The van der Waals surface area contributed by atoms with Crippen LogP contribution in [0.2, 0.25) is 5.02 Å². The van der Waals surface area contributed by atoms with Crippen molar-refractivity contribution in [2.45, 2.75) is 39.4 Å². The Morgan fingerprint density at radius 1 is 1.29 bits per heavy atom. The third-order valence-electron chi connectivity index (χ3n) is 2.92. The Balaban J connectivity index is 2.83. The fraction of sp³-hybridized carbons (Fsp3) is 0.571. The number of aliphatic hydroxyl groups excluding tert-OH is 1. The molecule has 2 unspecified atom stereocenters. The zero-order chi connectivity index (χ0) is 12.8. The molecular weight excluding hydrogens is 236 g/mol. The van der Waals surface area contributed by atoms with E-state index in [4.69, 9.17) is 16.3 Å². The lowest BCUT2D eigenvalue weighted by molar-refractivity contribution is -0.104. The summed E-state index contributed by atoms with van der Waals surface area (Å²) in [5, 5.41) is 10.5. The van der Waals surface area contributed by atoms with Gasteiger partial charge in [-0.3, -0.25) is 0 Å². The largest absolute Gasteiger partial charge is 0.368 e. The Hall–Kier alpha value is -0.570. The van der Waals surface area contributed by atoms with Crippen LogP contribution in [0.15, 0.2) is 24.3 Å². The molecule has 0 saturated carbocycles. The molecule has 0 aliphatic heterocycles. The van der Waals surface area contributed by atoms with Crippen LogP contribution in [0.4, 0.5) is 0 Å². The molecule has 0 heterocycles. The average Bonchev–Trinajstić information content (AvgIpc) is 2.27. The maximum absolute atomic E-state index is 9.76. The number of ether oxygens (including phenoxy) is 1. The number of benzene rings is 1. The van der Waals surface area contributed by atoms with Gasteiger partial charge in [0.05, 0.1) is 0 Å². The van der Waals surface area contributed by atoms with Crippen molar-refractivity contribution in [2.75, 3.05) is 6.61 Å². The van der Waals surface area contributed by atoms with Crippen molar-refractivity contribution in [3.63, 3.8) is 0 Å². The third kappa shape index (κ3) is 4.30. The number of halogens is 1. The lowest BCUT2D eigenvalue weighted by atomic mass is 9.85. The van der Waals surface area contributed by atoms with E-state index in [1.54, 1.807) is 0 Å². The Morgan fingerprint density at radius 2 is 1.94 bits per heavy atom. The highest BCUT2D eigenvalue weighted by Crippen LogP contribution is 2.33. The van der Waals surface area contributed by atoms with E-state index in [2.05, 4.69) is 13.8 Å². The van der Waals surface area contributed by atoms with E-state index in [9.17, 15) is 5.11 Å². The van der Waals surface area contributed by atoms with Gasteiger partial charge in [0.2, 0.25) is 0 Å². The highest BCUT2D eigenvalue weighted by molar-refractivity contribution is 6.31. The summed E-state index contributed by atoms with van der Waals surface area (Å²) in [5.74, 6) is 0.621. The molecule has 0 radical (unpaired) electrons. The quantitative estimate of drug-likeness (QED) is 0.784. The molecule has 1 aromatic carbocycles. The molecule has 1 rings (SSSR count). The lowest BCUT2D eigenvalue weighted by Gasteiger charge is -2.24. The molecule has 2 nitrogen and oxygen atoms in total. The van der Waals surface area contributed by atoms with Gasteiger partial charge in [0.25, 0.3) is 0 Å². The second kappa shape index (κ2) is 7.00. The van der Waals surface area contributed by atoms with Crippen LogP contribution in [0.1, 0.15) is 38.7 Å². The Kier molecular flexibility index (Phi) is 5.96. The molecular formula is C14H21ClO2. The average molecular weight is 257 g/mol. The van der Waals surface area contributed by atoms with Gasteiger partial charge < -0.3 is 9.84 Å². The zero-order valence-corrected chi connectivity index (χ0v) is 11.4. The van der Waals surface area contributed by atoms with Crippen molar-refractivity contribution in [3.05, 3.63) is 34.9 Å². The topological polar surface area (TPSA) is 29.5 Å². The normalized spacial score (nSPS) is 14.9. The van der Waals surface area contributed by atoms with Crippen LogP contribution < -0.4 is 0 Å². The molecule has 96 valence electrons. The molecule has 0 saturated heterocycles. The Labute approximate surface area is 109 Å². The van der Waals surface area contributed by atoms with Crippen molar-refractivity contribution in [2.24, 2.45) is 5.92 Å². The minimum Gasteiger partial charge on any atom is -0.368 e. The Bertz CT molecular complexity index is 339. The van der Waals surface area contributed by atoms with E-state index < -0.39 is 6.29 Å². The van der Waals surface area contributed by atoms with Gasteiger partial charge in [-0.15, -0.1) is 0 Å². The van der Waals surface area contributed by atoms with Crippen LogP contribution in [0.5, 0.6) is 0 Å². The van der Waals surface area contributed by atoms with E-state index in [-0.39, 0.29) is 5.92 Å². The molecule has 3 heteroatoms. The smallest absolute Gasteiger partial charge is 0.155 e. The highest BCUT2D eigenvalue weighted by Gasteiger charge is 2.21. The van der Waals surface area contributed by atoms with Crippen molar-refractivity contribution < 1.29 is 9.84 Å². The van der Waals surface area contributed by atoms with Crippen molar-refractivity contribution in [1.82, 2.24) is 0 Å². The highest BCUT2D eigenvalue weighted by atomic mass is 35.5. The number of aliphatic hydroxyl groups is 1. The monoisotopic (exact) mass is 256 g/mol. The van der Waals surface area contributed by atoms with Gasteiger partial charge in [0, 0.05) is 18.1 Å². The van der Waals surface area contributed by atoms with E-state index in [0.717, 1.165) is 10.6 Å². The summed E-state index contributed by atoms with van der Waals surface area (Å²) in [6, 6.07) is 7.80. The number of rotatable bonds is 6. The molecule has 0 spiro atoms. The van der Waals surface area contributed by atoms with Crippen molar-refractivity contribution >= 4 is 11.6 Å². The van der Waals surface area contributed by atoms with E-state index in [1.807, 2.05) is 31.2 Å². The van der Waals surface area contributed by atoms with Crippen molar-refractivity contribution in [1.29, 1.82) is 0 Å². The molecule has 0 bridgehead atoms. The van der Waals surface area contributed by atoms with Crippen LogP contribution in [-0.2, 0) is 4.74 Å². The van der Waals surface area contributed by atoms with Gasteiger partial charge in [0.15, 0.2) is 6.29 Å². The summed E-state index contributed by atoms with van der Waals surface area (Å²) >= 11 is 6.20. The van der Waals surface area contributed by atoms with Gasteiger partial charge >= 0.3 is 0 Å². The van der Waals surface area contributed by atoms with Gasteiger partial charge in [-0.05, 0) is 30.4 Å². The molecule has 1 aromatic rings. The predicted molar refractivity (Wildman–Crippen MR) is 71.3 cm³/mol. The van der Waals surface area contributed by atoms with Crippen LogP contribution in [0, 0.1) is 5.92 Å². The van der Waals surface area contributed by atoms with Crippen LogP contribution >= 0.6 is 11.6 Å². The molecule has 1 N–H and O–H groups in total. The van der Waals surface area contributed by atoms with Gasteiger partial charge in [-0.25, -0.2) is 0 Å². The van der Waals surface area contributed by atoms with E-state index in [1.165, 1.54) is 0 Å². The summed E-state index contributed by atoms with van der Waals surface area (Å²) in [5.41, 5.74) is 1.09. The summed E-state index contributed by atoms with van der Waals surface area (Å²) in [6.07, 6.45) is -0.140. The van der Waals surface area contributed by atoms with Crippen LogP contribution in [-0.4, -0.2) is 18.0 Å². The molecule has 17 heavy (non-hydrogen) atoms. The summed E-state index contributed by atoms with van der Waals surface area (Å²) in [4.78, 5) is 0. The van der Waals surface area contributed by atoms with Gasteiger partial charge in [-0.2, -0.15) is 0 Å². The Morgan fingerprint density at radius 3 is 2.47 bits per heavy atom. The van der Waals surface area contributed by atoms with Gasteiger partial charge in [0.1, 0.15) is 0 Å². The standard InChI is InChI=1S/C14H21ClO2/c1-4-17-14(16)9-12(10(2)3)11-7-5-6-8-13(11)15/h5-8,10,12,14,16H,4,9H2,1-3H3. The fourth-order valence-corrected chi connectivity index (χ4v) is 2.29. The first-order valence-corrected chi connectivity index (χ1v) is 6.48. The van der Waals surface area contributed by atoms with Crippen LogP contribution in [0.25, 0.3) is 0 Å². The summed E-state index contributed by atoms with van der Waals surface area (Å²) in [6.45, 7) is 6.66. The number of hydrogen-bond donors (Lipinski definition) is 1. The van der Waals surface area contributed by atoms with E-state index >= 15 is 0 Å². The zero-order valence-electron chi connectivity index (χ0n) is 10.7. The second-order valence-corrected chi connectivity index (χ2v) is 4.92. The van der Waals surface area contributed by atoms with Gasteiger partial charge in [-0.1, -0.05) is 43.6 Å². The fourth-order valence-electron chi connectivity index (χ4n) is 2.01. The summed E-state index contributed by atoms with van der Waals surface area (Å²) in [7, 11) is 0. The molecule has 0 aliphatic rings. The molecule has 0 amide bonds. The minimum absolute atomic E-state index is 0.213. The predicted octanol–water partition coefficient (Wildman–Crippen LogP) is 3.82. The maximum atomic E-state index is 9.76. The minimum atomic E-state index is -0.719. The first-order chi connectivity index (χ1) is 8.06. The van der Waals surface area contributed by atoms with E-state index in [0.29, 0.717) is 18.9 Å². The van der Waals surface area contributed by atoms with Crippen LogP contribution in [0.3, 0.4) is 0 Å². The third-order valence-corrected chi connectivity index (χ3v) is 3.27. The summed E-state index contributed by atoms with van der Waals surface area (Å²) < 4.78 is 5.20. The maximum Gasteiger partial charge on any atom is 0.155 e. The van der Waals surface area contributed by atoms with Crippen molar-refractivity contribution in [3.8, 4) is 0 Å². The molecule has 0 aliphatic carbocycles.